The first kappa shape index (κ1) is 24.9. The molecule has 0 aromatic heterocycles. The molecule has 2 N–H and O–H groups in total. The van der Waals surface area contributed by atoms with Crippen LogP contribution in [0, 0.1) is 12.8 Å². The monoisotopic (exact) mass is 476 g/mol. The molecule has 0 saturated carbocycles. The van der Waals surface area contributed by atoms with Crippen molar-refractivity contribution >= 4 is 29.1 Å². The number of nitrogens with one attached hydrogen (secondary N) is 2. The van der Waals surface area contributed by atoms with Gasteiger partial charge in [0.2, 0.25) is 11.8 Å². The van der Waals surface area contributed by atoms with E-state index in [-0.39, 0.29) is 23.6 Å². The lowest BCUT2D eigenvalue weighted by Crippen LogP contribution is -2.43. The van der Waals surface area contributed by atoms with Gasteiger partial charge in [-0.25, -0.2) is 0 Å². The fourth-order valence-electron chi connectivity index (χ4n) is 4.87. The Kier molecular flexibility index (Phi) is 8.53. The van der Waals surface area contributed by atoms with E-state index >= 15 is 0 Å². The standard InChI is InChI=1S/C28H36N4O3/c1-21-11-13-22(14-12-21)28(35)32-17-7-8-23(19-32)27(34)30-25-10-6-9-24(18-25)29-26(33)20-31-15-4-2-3-5-16-31/h6,9-14,18,23H,2-5,7-8,15-17,19-20H2,1H3,(H,29,33)(H,30,34). The molecule has 1 atom stereocenters. The summed E-state index contributed by atoms with van der Waals surface area (Å²) in [7, 11) is 0. The molecule has 2 heterocycles. The lowest BCUT2D eigenvalue weighted by atomic mass is 9.96. The highest BCUT2D eigenvalue weighted by Gasteiger charge is 2.29. The number of benzene rings is 2. The number of piperidine rings is 1. The first-order valence-electron chi connectivity index (χ1n) is 12.8. The topological polar surface area (TPSA) is 81.8 Å². The van der Waals surface area contributed by atoms with Gasteiger partial charge in [-0.1, -0.05) is 36.6 Å². The average Bonchev–Trinajstić information content (AvgIpc) is 3.13. The Labute approximate surface area is 207 Å². The number of rotatable bonds is 6. The van der Waals surface area contributed by atoms with Gasteiger partial charge >= 0.3 is 0 Å². The first-order chi connectivity index (χ1) is 17.0. The highest BCUT2D eigenvalue weighted by atomic mass is 16.2. The van der Waals surface area contributed by atoms with E-state index in [0.29, 0.717) is 36.6 Å². The molecule has 2 saturated heterocycles. The minimum absolute atomic E-state index is 0.0309. The molecule has 0 radical (unpaired) electrons. The van der Waals surface area contributed by atoms with Crippen LogP contribution in [0.15, 0.2) is 48.5 Å². The Morgan fingerprint density at radius 3 is 2.26 bits per heavy atom. The minimum atomic E-state index is -0.264. The zero-order chi connectivity index (χ0) is 24.6. The number of nitrogens with zero attached hydrogens (tertiary/aromatic N) is 2. The second kappa shape index (κ2) is 12.0. The molecule has 2 aromatic carbocycles. The maximum Gasteiger partial charge on any atom is 0.253 e. The molecule has 0 aliphatic carbocycles. The summed E-state index contributed by atoms with van der Waals surface area (Å²) < 4.78 is 0. The molecule has 0 spiro atoms. The quantitative estimate of drug-likeness (QED) is 0.651. The molecular formula is C28H36N4O3. The van der Waals surface area contributed by atoms with Crippen molar-refractivity contribution in [1.29, 1.82) is 0 Å². The van der Waals surface area contributed by atoms with E-state index in [9.17, 15) is 14.4 Å². The van der Waals surface area contributed by atoms with Crippen LogP contribution in [0.5, 0.6) is 0 Å². The molecule has 1 unspecified atom stereocenters. The third-order valence-corrected chi connectivity index (χ3v) is 6.86. The third-order valence-electron chi connectivity index (χ3n) is 6.86. The van der Waals surface area contributed by atoms with Gasteiger partial charge in [0.05, 0.1) is 12.5 Å². The van der Waals surface area contributed by atoms with Gasteiger partial charge in [0.1, 0.15) is 0 Å². The number of carbonyl (C=O) groups is 3. The lowest BCUT2D eigenvalue weighted by molar-refractivity contribution is -0.121. The summed E-state index contributed by atoms with van der Waals surface area (Å²) in [5.74, 6) is -0.427. The number of anilines is 2. The highest BCUT2D eigenvalue weighted by molar-refractivity contribution is 5.97. The van der Waals surface area contributed by atoms with Crippen LogP contribution >= 0.6 is 0 Å². The number of hydrogen-bond acceptors (Lipinski definition) is 4. The smallest absolute Gasteiger partial charge is 0.253 e. The zero-order valence-corrected chi connectivity index (χ0v) is 20.6. The van der Waals surface area contributed by atoms with Crippen molar-refractivity contribution in [1.82, 2.24) is 9.80 Å². The summed E-state index contributed by atoms with van der Waals surface area (Å²) in [5, 5.41) is 5.95. The predicted molar refractivity (Wildman–Crippen MR) is 138 cm³/mol. The van der Waals surface area contributed by atoms with Crippen molar-refractivity contribution in [2.45, 2.75) is 45.4 Å². The van der Waals surface area contributed by atoms with Gasteiger partial charge in [-0.05, 0) is 76.0 Å². The Hall–Kier alpha value is -3.19. The van der Waals surface area contributed by atoms with Gasteiger partial charge in [0.15, 0.2) is 0 Å². The molecule has 2 aliphatic heterocycles. The van der Waals surface area contributed by atoms with E-state index in [0.717, 1.165) is 44.3 Å². The van der Waals surface area contributed by atoms with Crippen LogP contribution in [0.25, 0.3) is 0 Å². The second-order valence-electron chi connectivity index (χ2n) is 9.76. The number of hydrogen-bond donors (Lipinski definition) is 2. The van der Waals surface area contributed by atoms with Gasteiger partial charge in [0.25, 0.3) is 5.91 Å². The van der Waals surface area contributed by atoms with Gasteiger partial charge < -0.3 is 15.5 Å². The molecule has 7 nitrogen and oxygen atoms in total. The maximum absolute atomic E-state index is 13.0. The fourth-order valence-corrected chi connectivity index (χ4v) is 4.87. The van der Waals surface area contributed by atoms with Gasteiger partial charge in [-0.2, -0.15) is 0 Å². The van der Waals surface area contributed by atoms with E-state index in [4.69, 9.17) is 0 Å². The molecule has 2 aliphatic rings. The molecule has 35 heavy (non-hydrogen) atoms. The first-order valence-corrected chi connectivity index (χ1v) is 12.8. The van der Waals surface area contributed by atoms with Crippen molar-refractivity contribution in [2.24, 2.45) is 5.92 Å². The predicted octanol–water partition coefficient (Wildman–Crippen LogP) is 4.30. The van der Waals surface area contributed by atoms with Crippen LogP contribution in [0.1, 0.15) is 54.4 Å². The molecule has 0 bridgehead atoms. The number of likely N-dealkylation sites (tertiary alicyclic amines) is 2. The Morgan fingerprint density at radius 1 is 0.857 bits per heavy atom. The van der Waals surface area contributed by atoms with E-state index in [1.165, 1.54) is 12.8 Å². The molecule has 4 rings (SSSR count). The maximum atomic E-state index is 13.0. The van der Waals surface area contributed by atoms with Crippen LogP contribution in [0.2, 0.25) is 0 Å². The summed E-state index contributed by atoms with van der Waals surface area (Å²) in [5.41, 5.74) is 3.07. The lowest BCUT2D eigenvalue weighted by Gasteiger charge is -2.32. The van der Waals surface area contributed by atoms with Crippen LogP contribution in [-0.4, -0.2) is 60.2 Å². The van der Waals surface area contributed by atoms with Crippen LogP contribution in [0.4, 0.5) is 11.4 Å². The molecular weight excluding hydrogens is 440 g/mol. The van der Waals surface area contributed by atoms with E-state index < -0.39 is 0 Å². The van der Waals surface area contributed by atoms with Crippen LogP contribution in [0.3, 0.4) is 0 Å². The highest BCUT2D eigenvalue weighted by Crippen LogP contribution is 2.22. The summed E-state index contributed by atoms with van der Waals surface area (Å²) in [6.07, 6.45) is 6.30. The Balaban J connectivity index is 1.31. The van der Waals surface area contributed by atoms with Crippen molar-refractivity contribution in [2.75, 3.05) is 43.4 Å². The van der Waals surface area contributed by atoms with Crippen molar-refractivity contribution in [3.8, 4) is 0 Å². The molecule has 7 heteroatoms. The van der Waals surface area contributed by atoms with Crippen molar-refractivity contribution in [3.63, 3.8) is 0 Å². The van der Waals surface area contributed by atoms with Gasteiger partial charge in [-0.3, -0.25) is 19.3 Å². The normalized spacial score (nSPS) is 19.0. The number of aryl methyl sites for hydroxylation is 1. The zero-order valence-electron chi connectivity index (χ0n) is 20.6. The number of carbonyl (C=O) groups excluding carboxylic acids is 3. The molecule has 186 valence electrons. The Bertz CT molecular complexity index is 1030. The van der Waals surface area contributed by atoms with E-state index in [2.05, 4.69) is 15.5 Å². The fraction of sp³-hybridized carbons (Fsp3) is 0.464. The largest absolute Gasteiger partial charge is 0.338 e. The van der Waals surface area contributed by atoms with E-state index in [1.807, 2.05) is 49.4 Å². The minimum Gasteiger partial charge on any atom is -0.338 e. The van der Waals surface area contributed by atoms with E-state index in [1.54, 1.807) is 11.0 Å². The van der Waals surface area contributed by atoms with Crippen molar-refractivity contribution in [3.05, 3.63) is 59.7 Å². The van der Waals surface area contributed by atoms with Gasteiger partial charge in [0, 0.05) is 30.0 Å². The number of amides is 3. The van der Waals surface area contributed by atoms with Gasteiger partial charge in [-0.15, -0.1) is 0 Å². The summed E-state index contributed by atoms with van der Waals surface area (Å²) in [6, 6.07) is 14.8. The molecule has 3 amide bonds. The third kappa shape index (κ3) is 7.15. The van der Waals surface area contributed by atoms with Crippen LogP contribution in [-0.2, 0) is 9.59 Å². The SMILES string of the molecule is Cc1ccc(C(=O)N2CCCC(C(=O)Nc3cccc(NC(=O)CN4CCCCCC4)c3)C2)cc1. The summed E-state index contributed by atoms with van der Waals surface area (Å²) in [6.45, 7) is 5.39. The Morgan fingerprint density at radius 2 is 1.54 bits per heavy atom. The molecule has 2 fully saturated rings. The average molecular weight is 477 g/mol. The van der Waals surface area contributed by atoms with Crippen molar-refractivity contribution < 1.29 is 14.4 Å². The summed E-state index contributed by atoms with van der Waals surface area (Å²) >= 11 is 0. The second-order valence-corrected chi connectivity index (χ2v) is 9.76. The van der Waals surface area contributed by atoms with Crippen LogP contribution < -0.4 is 10.6 Å². The molecule has 2 aromatic rings. The summed E-state index contributed by atoms with van der Waals surface area (Å²) in [4.78, 5) is 42.4.